The molecule has 31 heavy (non-hydrogen) atoms. The van der Waals surface area contributed by atoms with Crippen molar-refractivity contribution < 1.29 is 23.8 Å². The quantitative estimate of drug-likeness (QED) is 0.713. The standard InChI is InChI=1S/C25H26FNO4/c1-31-23-20(6-4-7-21(23)26)18-8-10-19(11-9-18)24(29)27-14-3-2-5-17(16-27)15-22(28)25(30)12-13-25/h2,4-11,17,30H,3,12-16H2,1H3. The third-order valence-electron chi connectivity index (χ3n) is 6.02. The number of nitrogens with zero attached hydrogens (tertiary/aromatic N) is 1. The Balaban J connectivity index is 1.47. The van der Waals surface area contributed by atoms with Crippen molar-refractivity contribution in [2.45, 2.75) is 31.3 Å². The highest BCUT2D eigenvalue weighted by atomic mass is 19.1. The van der Waals surface area contributed by atoms with E-state index in [1.54, 1.807) is 41.3 Å². The lowest BCUT2D eigenvalue weighted by atomic mass is 9.97. The summed E-state index contributed by atoms with van der Waals surface area (Å²) in [4.78, 5) is 27.1. The number of carbonyl (C=O) groups excluding carboxylic acids is 2. The minimum absolute atomic E-state index is 0.0978. The van der Waals surface area contributed by atoms with Gasteiger partial charge in [-0.1, -0.05) is 36.4 Å². The summed E-state index contributed by atoms with van der Waals surface area (Å²) in [7, 11) is 1.43. The molecule has 5 nitrogen and oxygen atoms in total. The van der Waals surface area contributed by atoms with Gasteiger partial charge in [-0.3, -0.25) is 9.59 Å². The molecule has 1 heterocycles. The monoisotopic (exact) mass is 423 g/mol. The van der Waals surface area contributed by atoms with Crippen molar-refractivity contribution in [2.75, 3.05) is 20.2 Å². The zero-order chi connectivity index (χ0) is 22.0. The molecule has 2 aromatic carbocycles. The van der Waals surface area contributed by atoms with E-state index >= 15 is 0 Å². The van der Waals surface area contributed by atoms with E-state index in [-0.39, 0.29) is 29.8 Å². The van der Waals surface area contributed by atoms with Crippen LogP contribution in [0, 0.1) is 11.7 Å². The van der Waals surface area contributed by atoms with Crippen LogP contribution in [0.5, 0.6) is 5.75 Å². The topological polar surface area (TPSA) is 66.8 Å². The minimum Gasteiger partial charge on any atom is -0.493 e. The molecule has 1 saturated carbocycles. The molecule has 1 N–H and O–H groups in total. The second-order valence-electron chi connectivity index (χ2n) is 8.28. The summed E-state index contributed by atoms with van der Waals surface area (Å²) in [5.74, 6) is -0.605. The maximum Gasteiger partial charge on any atom is 0.253 e. The first kappa shape index (κ1) is 21.2. The van der Waals surface area contributed by atoms with Crippen molar-refractivity contribution in [3.05, 3.63) is 66.0 Å². The molecule has 2 aliphatic rings. The Bertz CT molecular complexity index is 1010. The zero-order valence-electron chi connectivity index (χ0n) is 17.5. The molecule has 1 unspecified atom stereocenters. The molecule has 0 saturated heterocycles. The Morgan fingerprint density at radius 1 is 1.19 bits per heavy atom. The summed E-state index contributed by atoms with van der Waals surface area (Å²) >= 11 is 0. The lowest BCUT2D eigenvalue weighted by Gasteiger charge is -2.24. The van der Waals surface area contributed by atoms with E-state index < -0.39 is 11.4 Å². The van der Waals surface area contributed by atoms with Gasteiger partial charge in [-0.05, 0) is 43.0 Å². The molecule has 1 fully saturated rings. The number of amides is 1. The molecule has 6 heteroatoms. The first-order chi connectivity index (χ1) is 14.9. The molecule has 162 valence electrons. The molecule has 1 aliphatic carbocycles. The number of halogens is 1. The van der Waals surface area contributed by atoms with Crippen molar-refractivity contribution in [3.8, 4) is 16.9 Å². The lowest BCUT2D eigenvalue weighted by molar-refractivity contribution is -0.129. The molecule has 1 aliphatic heterocycles. The van der Waals surface area contributed by atoms with Crippen LogP contribution in [-0.2, 0) is 4.79 Å². The van der Waals surface area contributed by atoms with Crippen molar-refractivity contribution in [2.24, 2.45) is 5.92 Å². The van der Waals surface area contributed by atoms with Gasteiger partial charge in [0.15, 0.2) is 17.3 Å². The number of rotatable bonds is 6. The number of aliphatic hydroxyl groups is 1. The summed E-state index contributed by atoms with van der Waals surface area (Å²) in [6.45, 7) is 1.01. The first-order valence-electron chi connectivity index (χ1n) is 10.6. The number of hydrogen-bond acceptors (Lipinski definition) is 4. The Kier molecular flexibility index (Phi) is 5.92. The summed E-state index contributed by atoms with van der Waals surface area (Å²) in [6, 6.07) is 11.8. The Hall–Kier alpha value is -2.99. The van der Waals surface area contributed by atoms with Gasteiger partial charge in [-0.2, -0.15) is 0 Å². The molecule has 0 bridgehead atoms. The van der Waals surface area contributed by atoms with Crippen LogP contribution in [0.3, 0.4) is 0 Å². The number of ketones is 1. The average molecular weight is 423 g/mol. The molecular formula is C25H26FNO4. The minimum atomic E-state index is -1.14. The second kappa shape index (κ2) is 8.63. The van der Waals surface area contributed by atoms with E-state index in [1.165, 1.54) is 13.2 Å². The predicted octanol–water partition coefficient (Wildman–Crippen LogP) is 4.00. The van der Waals surface area contributed by atoms with Crippen LogP contribution in [0.25, 0.3) is 11.1 Å². The van der Waals surface area contributed by atoms with Crippen molar-refractivity contribution in [1.82, 2.24) is 4.90 Å². The number of carbonyl (C=O) groups is 2. The maximum absolute atomic E-state index is 14.0. The summed E-state index contributed by atoms with van der Waals surface area (Å²) < 4.78 is 19.2. The fourth-order valence-electron chi connectivity index (χ4n) is 4.02. The Morgan fingerprint density at radius 3 is 2.61 bits per heavy atom. The average Bonchev–Trinajstić information content (AvgIpc) is 3.57. The van der Waals surface area contributed by atoms with Gasteiger partial charge in [0.1, 0.15) is 5.60 Å². The van der Waals surface area contributed by atoms with Gasteiger partial charge >= 0.3 is 0 Å². The van der Waals surface area contributed by atoms with Gasteiger partial charge in [0, 0.05) is 36.6 Å². The zero-order valence-corrected chi connectivity index (χ0v) is 17.5. The van der Waals surface area contributed by atoms with Crippen LogP contribution in [-0.4, -0.2) is 47.5 Å². The van der Waals surface area contributed by atoms with Gasteiger partial charge in [0.05, 0.1) is 7.11 Å². The summed E-state index contributed by atoms with van der Waals surface area (Å²) in [6.07, 6.45) is 6.02. The van der Waals surface area contributed by atoms with Gasteiger partial charge in [0.2, 0.25) is 0 Å². The van der Waals surface area contributed by atoms with E-state index in [0.717, 1.165) is 12.0 Å². The van der Waals surface area contributed by atoms with Crippen LogP contribution >= 0.6 is 0 Å². The number of benzene rings is 2. The first-order valence-corrected chi connectivity index (χ1v) is 10.6. The van der Waals surface area contributed by atoms with E-state index in [4.69, 9.17) is 4.74 Å². The Labute approximate surface area is 181 Å². The number of hydrogen-bond donors (Lipinski definition) is 1. The molecule has 2 aromatic rings. The highest BCUT2D eigenvalue weighted by Crippen LogP contribution is 2.38. The van der Waals surface area contributed by atoms with Crippen molar-refractivity contribution in [3.63, 3.8) is 0 Å². The van der Waals surface area contributed by atoms with Gasteiger partial charge in [-0.15, -0.1) is 0 Å². The van der Waals surface area contributed by atoms with E-state index in [0.29, 0.717) is 37.1 Å². The maximum atomic E-state index is 14.0. The van der Waals surface area contributed by atoms with Crippen molar-refractivity contribution in [1.29, 1.82) is 0 Å². The van der Waals surface area contributed by atoms with Crippen LogP contribution < -0.4 is 4.74 Å². The van der Waals surface area contributed by atoms with E-state index in [2.05, 4.69) is 0 Å². The van der Waals surface area contributed by atoms with Crippen LogP contribution in [0.2, 0.25) is 0 Å². The third kappa shape index (κ3) is 4.54. The highest BCUT2D eigenvalue weighted by Gasteiger charge is 2.47. The number of para-hydroxylation sites is 1. The van der Waals surface area contributed by atoms with E-state index in [9.17, 15) is 19.1 Å². The molecule has 1 amide bonds. The van der Waals surface area contributed by atoms with Crippen LogP contribution in [0.1, 0.15) is 36.0 Å². The number of methoxy groups -OCH3 is 1. The molecule has 4 rings (SSSR count). The van der Waals surface area contributed by atoms with Crippen LogP contribution in [0.15, 0.2) is 54.6 Å². The molecule has 1 atom stereocenters. The second-order valence-corrected chi connectivity index (χ2v) is 8.28. The lowest BCUT2D eigenvalue weighted by Crippen LogP contribution is -2.36. The largest absolute Gasteiger partial charge is 0.493 e. The Morgan fingerprint density at radius 2 is 1.94 bits per heavy atom. The van der Waals surface area contributed by atoms with Gasteiger partial charge < -0.3 is 14.7 Å². The SMILES string of the molecule is COc1c(F)cccc1-c1ccc(C(=O)N2CCC=CC(CC(=O)C3(O)CC3)C2)cc1. The molecule has 0 aromatic heterocycles. The highest BCUT2D eigenvalue weighted by molar-refractivity contribution is 5.95. The third-order valence-corrected chi connectivity index (χ3v) is 6.02. The van der Waals surface area contributed by atoms with E-state index in [1.807, 2.05) is 12.2 Å². The summed E-state index contributed by atoms with van der Waals surface area (Å²) in [5, 5.41) is 10.0. The predicted molar refractivity (Wildman–Crippen MR) is 115 cm³/mol. The fourth-order valence-corrected chi connectivity index (χ4v) is 4.02. The fraction of sp³-hybridized carbons (Fsp3) is 0.360. The normalized spacial score (nSPS) is 19.6. The van der Waals surface area contributed by atoms with Crippen molar-refractivity contribution >= 4 is 11.7 Å². The molecular weight excluding hydrogens is 397 g/mol. The molecule has 0 spiro atoms. The van der Waals surface area contributed by atoms with Gasteiger partial charge in [0.25, 0.3) is 5.91 Å². The van der Waals surface area contributed by atoms with Crippen LogP contribution in [0.4, 0.5) is 4.39 Å². The summed E-state index contributed by atoms with van der Waals surface area (Å²) in [5.41, 5.74) is 0.776. The van der Waals surface area contributed by atoms with Gasteiger partial charge in [-0.25, -0.2) is 4.39 Å². The number of Topliss-reactive ketones (excluding diaryl/α,β-unsaturated/α-hetero) is 1. The smallest absolute Gasteiger partial charge is 0.253 e. The molecule has 0 radical (unpaired) electrons. The number of ether oxygens (including phenoxy) is 1.